The first-order valence-corrected chi connectivity index (χ1v) is 7.16. The van der Waals surface area contributed by atoms with Gasteiger partial charge in [0.1, 0.15) is 6.61 Å². The van der Waals surface area contributed by atoms with Gasteiger partial charge in [-0.05, 0) is 24.6 Å². The van der Waals surface area contributed by atoms with Gasteiger partial charge in [-0.1, -0.05) is 32.9 Å². The Morgan fingerprint density at radius 2 is 1.95 bits per heavy atom. The van der Waals surface area contributed by atoms with Gasteiger partial charge in [-0.3, -0.25) is 4.79 Å². The fourth-order valence-corrected chi connectivity index (χ4v) is 1.75. The van der Waals surface area contributed by atoms with Crippen molar-refractivity contribution in [3.63, 3.8) is 0 Å². The van der Waals surface area contributed by atoms with E-state index in [1.807, 2.05) is 20.8 Å². The second kappa shape index (κ2) is 9.64. The summed E-state index contributed by atoms with van der Waals surface area (Å²) in [5, 5.41) is 5.89. The van der Waals surface area contributed by atoms with E-state index in [0.717, 1.165) is 0 Å². The Bertz CT molecular complexity index is 464. The van der Waals surface area contributed by atoms with E-state index in [1.54, 1.807) is 25.2 Å². The van der Waals surface area contributed by atoms with Crippen LogP contribution in [-0.2, 0) is 4.79 Å². The van der Waals surface area contributed by atoms with Crippen LogP contribution in [0.2, 0.25) is 0 Å². The molecule has 0 saturated heterocycles. The van der Waals surface area contributed by atoms with Crippen LogP contribution in [0.15, 0.2) is 24.3 Å². The Morgan fingerprint density at radius 1 is 1.32 bits per heavy atom. The standard InChI is InChI=1S/C16H25FN2O2.ClH/c1-16(2,3)14(19-15(20)9-10-18-4)11-21-13-8-6-5-7-12(13)17;/h5-8,14,18H,9-11H2,1-4H3,(H,19,20);1H. The predicted molar refractivity (Wildman–Crippen MR) is 89.1 cm³/mol. The van der Waals surface area contributed by atoms with Gasteiger partial charge >= 0.3 is 0 Å². The largest absolute Gasteiger partial charge is 0.488 e. The monoisotopic (exact) mass is 332 g/mol. The van der Waals surface area contributed by atoms with Gasteiger partial charge < -0.3 is 15.4 Å². The lowest BCUT2D eigenvalue weighted by Crippen LogP contribution is -2.48. The maximum Gasteiger partial charge on any atom is 0.221 e. The van der Waals surface area contributed by atoms with Crippen molar-refractivity contribution in [3.05, 3.63) is 30.1 Å². The van der Waals surface area contributed by atoms with E-state index in [-0.39, 0.29) is 42.1 Å². The van der Waals surface area contributed by atoms with Gasteiger partial charge in [-0.15, -0.1) is 12.4 Å². The smallest absolute Gasteiger partial charge is 0.221 e. The molecule has 0 aromatic heterocycles. The molecule has 0 radical (unpaired) electrons. The third kappa shape index (κ3) is 7.09. The average Bonchev–Trinajstić information content (AvgIpc) is 2.41. The van der Waals surface area contributed by atoms with E-state index in [1.165, 1.54) is 6.07 Å². The van der Waals surface area contributed by atoms with Crippen LogP contribution in [0.1, 0.15) is 27.2 Å². The zero-order valence-electron chi connectivity index (χ0n) is 13.6. The SMILES string of the molecule is CNCCC(=O)NC(COc1ccccc1F)C(C)(C)C.Cl. The molecule has 1 amide bonds. The minimum atomic E-state index is -0.397. The number of hydrogen-bond acceptors (Lipinski definition) is 3. The highest BCUT2D eigenvalue weighted by Gasteiger charge is 2.27. The van der Waals surface area contributed by atoms with E-state index in [0.29, 0.717) is 13.0 Å². The molecule has 0 spiro atoms. The number of rotatable bonds is 7. The zero-order chi connectivity index (χ0) is 15.9. The lowest BCUT2D eigenvalue weighted by atomic mass is 9.87. The third-order valence-electron chi connectivity index (χ3n) is 3.22. The van der Waals surface area contributed by atoms with Gasteiger partial charge in [-0.2, -0.15) is 0 Å². The van der Waals surface area contributed by atoms with Crippen molar-refractivity contribution in [1.29, 1.82) is 0 Å². The summed E-state index contributed by atoms with van der Waals surface area (Å²) in [5.41, 5.74) is -0.180. The van der Waals surface area contributed by atoms with Crippen LogP contribution < -0.4 is 15.4 Å². The summed E-state index contributed by atoms with van der Waals surface area (Å²) in [6.07, 6.45) is 0.406. The molecule has 1 rings (SSSR count). The molecular weight excluding hydrogens is 307 g/mol. The number of hydrogen-bond donors (Lipinski definition) is 2. The van der Waals surface area contributed by atoms with E-state index in [2.05, 4.69) is 10.6 Å². The number of carbonyl (C=O) groups is 1. The lowest BCUT2D eigenvalue weighted by Gasteiger charge is -2.31. The summed E-state index contributed by atoms with van der Waals surface area (Å²) >= 11 is 0. The van der Waals surface area contributed by atoms with Crippen LogP contribution in [0, 0.1) is 11.2 Å². The molecule has 2 N–H and O–H groups in total. The molecular formula is C16H26ClFN2O2. The first-order chi connectivity index (χ1) is 9.84. The van der Waals surface area contributed by atoms with Crippen molar-refractivity contribution in [2.45, 2.75) is 33.2 Å². The van der Waals surface area contributed by atoms with Gasteiger partial charge in [0.2, 0.25) is 5.91 Å². The summed E-state index contributed by atoms with van der Waals surface area (Å²) in [7, 11) is 1.80. The number of amides is 1. The summed E-state index contributed by atoms with van der Waals surface area (Å²) in [4.78, 5) is 11.9. The van der Waals surface area contributed by atoms with Crippen LogP contribution in [0.3, 0.4) is 0 Å². The van der Waals surface area contributed by atoms with Crippen molar-refractivity contribution in [3.8, 4) is 5.75 Å². The van der Waals surface area contributed by atoms with Crippen molar-refractivity contribution < 1.29 is 13.9 Å². The molecule has 0 bridgehead atoms. The molecule has 4 nitrogen and oxygen atoms in total. The van der Waals surface area contributed by atoms with Crippen LogP contribution in [-0.4, -0.2) is 32.1 Å². The first kappa shape index (κ1) is 20.7. The molecule has 126 valence electrons. The van der Waals surface area contributed by atoms with Crippen molar-refractivity contribution in [1.82, 2.24) is 10.6 Å². The van der Waals surface area contributed by atoms with Crippen LogP contribution >= 0.6 is 12.4 Å². The van der Waals surface area contributed by atoms with E-state index in [4.69, 9.17) is 4.74 Å². The molecule has 0 fully saturated rings. The number of halogens is 2. The number of nitrogens with one attached hydrogen (secondary N) is 2. The van der Waals surface area contributed by atoms with Gasteiger partial charge in [0, 0.05) is 13.0 Å². The molecule has 6 heteroatoms. The Balaban J connectivity index is 0.00000441. The molecule has 1 aromatic rings. The number of ether oxygens (including phenoxy) is 1. The lowest BCUT2D eigenvalue weighted by molar-refractivity contribution is -0.122. The maximum atomic E-state index is 13.5. The van der Waals surface area contributed by atoms with Crippen molar-refractivity contribution in [2.75, 3.05) is 20.2 Å². The Kier molecular flexibility index (Phi) is 9.06. The van der Waals surface area contributed by atoms with E-state index >= 15 is 0 Å². The molecule has 22 heavy (non-hydrogen) atoms. The normalized spacial score (nSPS) is 12.2. The minimum absolute atomic E-state index is 0. The van der Waals surface area contributed by atoms with Crippen molar-refractivity contribution >= 4 is 18.3 Å². The highest BCUT2D eigenvalue weighted by atomic mass is 35.5. The van der Waals surface area contributed by atoms with Crippen molar-refractivity contribution in [2.24, 2.45) is 5.41 Å². The van der Waals surface area contributed by atoms with Gasteiger partial charge in [0.15, 0.2) is 11.6 Å². The maximum absolute atomic E-state index is 13.5. The summed E-state index contributed by atoms with van der Waals surface area (Å²) in [5.74, 6) is -0.232. The summed E-state index contributed by atoms with van der Waals surface area (Å²) in [6, 6.07) is 6.07. The predicted octanol–water partition coefficient (Wildman–Crippen LogP) is 2.77. The Morgan fingerprint density at radius 3 is 2.50 bits per heavy atom. The molecule has 0 aliphatic rings. The highest BCUT2D eigenvalue weighted by Crippen LogP contribution is 2.22. The first-order valence-electron chi connectivity index (χ1n) is 7.16. The number of para-hydroxylation sites is 1. The molecule has 1 atom stereocenters. The summed E-state index contributed by atoms with van der Waals surface area (Å²) < 4.78 is 19.1. The van der Waals surface area contributed by atoms with E-state index in [9.17, 15) is 9.18 Å². The average molecular weight is 333 g/mol. The number of carbonyl (C=O) groups excluding carboxylic acids is 1. The third-order valence-corrected chi connectivity index (χ3v) is 3.22. The van der Waals surface area contributed by atoms with Gasteiger partial charge in [0.05, 0.1) is 6.04 Å². The highest BCUT2D eigenvalue weighted by molar-refractivity contribution is 5.85. The Hall–Kier alpha value is -1.33. The molecule has 0 saturated carbocycles. The zero-order valence-corrected chi connectivity index (χ0v) is 14.4. The second-order valence-electron chi connectivity index (χ2n) is 6.08. The van der Waals surface area contributed by atoms with Gasteiger partial charge in [-0.25, -0.2) is 4.39 Å². The quantitative estimate of drug-likeness (QED) is 0.807. The molecule has 1 unspecified atom stereocenters. The van der Waals surface area contributed by atoms with Gasteiger partial charge in [0.25, 0.3) is 0 Å². The fourth-order valence-electron chi connectivity index (χ4n) is 1.75. The van der Waals surface area contributed by atoms with Crippen LogP contribution in [0.4, 0.5) is 4.39 Å². The topological polar surface area (TPSA) is 50.4 Å². The fraction of sp³-hybridized carbons (Fsp3) is 0.562. The minimum Gasteiger partial charge on any atom is -0.488 e. The molecule has 0 aliphatic heterocycles. The van der Waals surface area contributed by atoms with E-state index < -0.39 is 5.82 Å². The van der Waals surface area contributed by atoms with Crippen LogP contribution in [0.5, 0.6) is 5.75 Å². The second-order valence-corrected chi connectivity index (χ2v) is 6.08. The summed E-state index contributed by atoms with van der Waals surface area (Å²) in [6.45, 7) is 6.90. The van der Waals surface area contributed by atoms with Crippen LogP contribution in [0.25, 0.3) is 0 Å². The molecule has 0 aliphatic carbocycles. The molecule has 0 heterocycles. The molecule has 1 aromatic carbocycles. The number of benzene rings is 1. The Labute approximate surface area is 138 Å².